The van der Waals surface area contributed by atoms with Crippen LogP contribution in [0.4, 0.5) is 4.39 Å². The van der Waals surface area contributed by atoms with Gasteiger partial charge in [0, 0.05) is 30.7 Å². The predicted molar refractivity (Wildman–Crippen MR) is 113 cm³/mol. The highest BCUT2D eigenvalue weighted by atomic mass is 19.1. The molecule has 5 nitrogen and oxygen atoms in total. The van der Waals surface area contributed by atoms with Crippen LogP contribution in [-0.4, -0.2) is 32.3 Å². The van der Waals surface area contributed by atoms with Crippen LogP contribution < -0.4 is 0 Å². The van der Waals surface area contributed by atoms with Gasteiger partial charge in [0.15, 0.2) is 0 Å². The first-order chi connectivity index (χ1) is 14.5. The Hall–Kier alpha value is -3.15. The molecule has 1 amide bonds. The minimum absolute atomic E-state index is 0.0416. The molecule has 4 rings (SSSR count). The first kappa shape index (κ1) is 20.1. The number of pyridine rings is 1. The zero-order valence-corrected chi connectivity index (χ0v) is 17.3. The number of likely N-dealkylation sites (tertiary alicyclic amines) is 1. The topological polar surface area (TPSA) is 59.0 Å². The number of piperidine rings is 1. The molecule has 0 aliphatic carbocycles. The molecular formula is C24H25FN4O. The van der Waals surface area contributed by atoms with E-state index in [0.717, 1.165) is 47.2 Å². The van der Waals surface area contributed by atoms with Crippen molar-refractivity contribution in [3.8, 4) is 11.1 Å². The summed E-state index contributed by atoms with van der Waals surface area (Å²) in [4.78, 5) is 28.6. The molecule has 1 saturated heterocycles. The third-order valence-corrected chi connectivity index (χ3v) is 5.66. The van der Waals surface area contributed by atoms with E-state index in [9.17, 15) is 9.18 Å². The Morgan fingerprint density at radius 2 is 1.90 bits per heavy atom. The van der Waals surface area contributed by atoms with Gasteiger partial charge in [0.2, 0.25) is 5.91 Å². The Labute approximate surface area is 176 Å². The van der Waals surface area contributed by atoms with Gasteiger partial charge in [0.05, 0.1) is 18.2 Å². The molecule has 1 atom stereocenters. The third kappa shape index (κ3) is 4.22. The van der Waals surface area contributed by atoms with Crippen molar-refractivity contribution in [2.24, 2.45) is 0 Å². The lowest BCUT2D eigenvalue weighted by Gasteiger charge is -2.36. The molecule has 2 aromatic heterocycles. The second-order valence-corrected chi connectivity index (χ2v) is 7.81. The van der Waals surface area contributed by atoms with Crippen LogP contribution in [0.15, 0.2) is 48.9 Å². The van der Waals surface area contributed by atoms with E-state index in [0.29, 0.717) is 12.4 Å². The lowest BCUT2D eigenvalue weighted by molar-refractivity contribution is -0.134. The van der Waals surface area contributed by atoms with E-state index in [-0.39, 0.29) is 24.2 Å². The molecule has 0 saturated carbocycles. The first-order valence-electron chi connectivity index (χ1n) is 10.3. The number of aromatic nitrogens is 3. The SMILES string of the molecule is Cc1ncc(-c2ccncc2C)c([C@@H]2CCCCN2C(=O)Cc2ccc(F)cc2)n1. The van der Waals surface area contributed by atoms with E-state index in [1.165, 1.54) is 12.1 Å². The summed E-state index contributed by atoms with van der Waals surface area (Å²) in [5.41, 5.74) is 4.74. The number of halogens is 1. The standard InChI is InChI=1S/C24H25FN4O/c1-16-14-26-11-10-20(16)21-15-27-17(2)28-24(21)22-5-3-4-12-29(22)23(30)13-18-6-8-19(25)9-7-18/h6-11,14-15,22H,3-5,12-13H2,1-2H3/t22-/m0/s1. The third-order valence-electron chi connectivity index (χ3n) is 5.66. The van der Waals surface area contributed by atoms with E-state index in [2.05, 4.69) is 9.97 Å². The molecule has 0 spiro atoms. The molecule has 1 aliphatic rings. The molecule has 6 heteroatoms. The highest BCUT2D eigenvalue weighted by Gasteiger charge is 2.31. The number of nitrogens with zero attached hydrogens (tertiary/aromatic N) is 4. The van der Waals surface area contributed by atoms with Crippen LogP contribution in [0.2, 0.25) is 0 Å². The van der Waals surface area contributed by atoms with Gasteiger partial charge in [-0.3, -0.25) is 9.78 Å². The van der Waals surface area contributed by atoms with Crippen LogP contribution in [-0.2, 0) is 11.2 Å². The summed E-state index contributed by atoms with van der Waals surface area (Å²) in [6, 6.07) is 8.01. The zero-order valence-electron chi connectivity index (χ0n) is 17.3. The van der Waals surface area contributed by atoms with Gasteiger partial charge >= 0.3 is 0 Å². The van der Waals surface area contributed by atoms with E-state index >= 15 is 0 Å². The van der Waals surface area contributed by atoms with Crippen molar-refractivity contribution in [2.75, 3.05) is 6.54 Å². The van der Waals surface area contributed by atoms with E-state index in [1.54, 1.807) is 18.3 Å². The summed E-state index contributed by atoms with van der Waals surface area (Å²) >= 11 is 0. The lowest BCUT2D eigenvalue weighted by atomic mass is 9.92. The molecule has 0 bridgehead atoms. The van der Waals surface area contributed by atoms with Gasteiger partial charge in [-0.2, -0.15) is 0 Å². The van der Waals surface area contributed by atoms with Gasteiger partial charge in [0.25, 0.3) is 0 Å². The normalized spacial score (nSPS) is 16.5. The Balaban J connectivity index is 1.69. The molecular weight excluding hydrogens is 379 g/mol. The largest absolute Gasteiger partial charge is 0.334 e. The number of rotatable bonds is 4. The van der Waals surface area contributed by atoms with Crippen LogP contribution >= 0.6 is 0 Å². The van der Waals surface area contributed by atoms with E-state index < -0.39 is 0 Å². The Bertz CT molecular complexity index is 1050. The molecule has 0 radical (unpaired) electrons. The van der Waals surface area contributed by atoms with Gasteiger partial charge in [-0.15, -0.1) is 0 Å². The van der Waals surface area contributed by atoms with Gasteiger partial charge in [-0.1, -0.05) is 12.1 Å². The van der Waals surface area contributed by atoms with Crippen LogP contribution in [0, 0.1) is 19.7 Å². The Morgan fingerprint density at radius 3 is 2.67 bits per heavy atom. The number of benzene rings is 1. The average Bonchev–Trinajstić information content (AvgIpc) is 2.76. The number of hydrogen-bond donors (Lipinski definition) is 0. The minimum Gasteiger partial charge on any atom is -0.334 e. The molecule has 1 fully saturated rings. The van der Waals surface area contributed by atoms with Crippen LogP contribution in [0.1, 0.15) is 47.9 Å². The summed E-state index contributed by atoms with van der Waals surface area (Å²) in [5, 5.41) is 0. The summed E-state index contributed by atoms with van der Waals surface area (Å²) in [6.45, 7) is 4.59. The highest BCUT2D eigenvalue weighted by Crippen LogP contribution is 2.36. The summed E-state index contributed by atoms with van der Waals surface area (Å²) in [6.07, 6.45) is 8.59. The number of hydrogen-bond acceptors (Lipinski definition) is 4. The van der Waals surface area contributed by atoms with Crippen molar-refractivity contribution in [3.05, 3.63) is 77.4 Å². The Kier molecular flexibility index (Phi) is 5.84. The predicted octanol–water partition coefficient (Wildman–Crippen LogP) is 4.59. The van der Waals surface area contributed by atoms with Crippen molar-refractivity contribution >= 4 is 5.91 Å². The van der Waals surface area contributed by atoms with Crippen molar-refractivity contribution < 1.29 is 9.18 Å². The second-order valence-electron chi connectivity index (χ2n) is 7.81. The van der Waals surface area contributed by atoms with Gasteiger partial charge in [-0.05, 0) is 68.0 Å². The summed E-state index contributed by atoms with van der Waals surface area (Å²) in [5.74, 6) is 0.438. The van der Waals surface area contributed by atoms with E-state index in [4.69, 9.17) is 4.98 Å². The van der Waals surface area contributed by atoms with Crippen LogP contribution in [0.25, 0.3) is 11.1 Å². The van der Waals surface area contributed by atoms with Crippen molar-refractivity contribution in [1.29, 1.82) is 0 Å². The fourth-order valence-electron chi connectivity index (χ4n) is 4.12. The molecule has 0 unspecified atom stereocenters. The zero-order chi connectivity index (χ0) is 21.1. The molecule has 0 N–H and O–H groups in total. The smallest absolute Gasteiger partial charge is 0.227 e. The fourth-order valence-corrected chi connectivity index (χ4v) is 4.12. The molecule has 154 valence electrons. The highest BCUT2D eigenvalue weighted by molar-refractivity contribution is 5.80. The van der Waals surface area contributed by atoms with Gasteiger partial charge in [0.1, 0.15) is 11.6 Å². The van der Waals surface area contributed by atoms with E-state index in [1.807, 2.05) is 37.2 Å². The molecule has 1 aromatic carbocycles. The molecule has 1 aliphatic heterocycles. The van der Waals surface area contributed by atoms with Crippen molar-refractivity contribution in [3.63, 3.8) is 0 Å². The van der Waals surface area contributed by atoms with Gasteiger partial charge in [-0.25, -0.2) is 14.4 Å². The lowest BCUT2D eigenvalue weighted by Crippen LogP contribution is -2.40. The van der Waals surface area contributed by atoms with Crippen LogP contribution in [0.3, 0.4) is 0 Å². The monoisotopic (exact) mass is 404 g/mol. The maximum Gasteiger partial charge on any atom is 0.227 e. The maximum absolute atomic E-state index is 13.2. The number of carbonyl (C=O) groups excluding carboxylic acids is 1. The van der Waals surface area contributed by atoms with Gasteiger partial charge < -0.3 is 4.90 Å². The molecule has 3 aromatic rings. The van der Waals surface area contributed by atoms with Crippen molar-refractivity contribution in [2.45, 2.75) is 45.6 Å². The summed E-state index contributed by atoms with van der Waals surface area (Å²) < 4.78 is 13.2. The quantitative estimate of drug-likeness (QED) is 0.638. The molecule has 3 heterocycles. The fraction of sp³-hybridized carbons (Fsp3) is 0.333. The second kappa shape index (κ2) is 8.69. The first-order valence-corrected chi connectivity index (χ1v) is 10.3. The number of amides is 1. The average molecular weight is 404 g/mol. The summed E-state index contributed by atoms with van der Waals surface area (Å²) in [7, 11) is 0. The number of aryl methyl sites for hydroxylation is 2. The molecule has 30 heavy (non-hydrogen) atoms. The maximum atomic E-state index is 13.2. The Morgan fingerprint density at radius 1 is 1.10 bits per heavy atom. The minimum atomic E-state index is -0.295. The van der Waals surface area contributed by atoms with Crippen LogP contribution in [0.5, 0.6) is 0 Å². The van der Waals surface area contributed by atoms with Crippen molar-refractivity contribution in [1.82, 2.24) is 19.9 Å². The number of carbonyl (C=O) groups is 1.